The van der Waals surface area contributed by atoms with Crippen LogP contribution in [0.1, 0.15) is 109 Å². The second-order valence-corrected chi connectivity index (χ2v) is 11.3. The number of aliphatic hydroxyl groups excluding tert-OH is 2. The molecule has 0 radical (unpaired) electrons. The summed E-state index contributed by atoms with van der Waals surface area (Å²) >= 11 is 0. The van der Waals surface area contributed by atoms with E-state index in [1.807, 2.05) is 6.92 Å². The average Bonchev–Trinajstić information content (AvgIpc) is 2.86. The zero-order valence-corrected chi connectivity index (χ0v) is 24.4. The predicted octanol–water partition coefficient (Wildman–Crippen LogP) is 6.94. The van der Waals surface area contributed by atoms with E-state index in [4.69, 9.17) is 14.8 Å². The predicted molar refractivity (Wildman–Crippen MR) is 156 cm³/mol. The van der Waals surface area contributed by atoms with Gasteiger partial charge in [0.2, 0.25) is 0 Å². The number of allylic oxidation sites excluding steroid dienone is 2. The first-order valence-corrected chi connectivity index (χ1v) is 15.9. The van der Waals surface area contributed by atoms with E-state index in [1.54, 1.807) is 12.1 Å². The maximum atomic E-state index is 10.5. The summed E-state index contributed by atoms with van der Waals surface area (Å²) < 4.78 is 29.6. The van der Waals surface area contributed by atoms with Crippen LogP contribution in [0.25, 0.3) is 0 Å². The third kappa shape index (κ3) is 23.6. The molecule has 0 spiro atoms. The molecular formula is C30H55NO5S. The van der Waals surface area contributed by atoms with Crippen LogP contribution in [0.15, 0.2) is 41.3 Å². The van der Waals surface area contributed by atoms with Gasteiger partial charge in [0.05, 0.1) is 18.1 Å². The first kappa shape index (κ1) is 35.8. The van der Waals surface area contributed by atoms with E-state index in [2.05, 4.69) is 24.0 Å². The standard InChI is InChI=1S/C23H47NO2.C7H8O3S/c1-2-3-4-5-6-7-8-9-10-11-12-13-14-15-16-17-18-19-24(20-22-25)21-23-26;1-6-2-4-7(5-3-6)11(8,9)10/h9-10,25-26H,2-8,11-23H2,1H3;2-5H,1H3,(H,8,9,10). The van der Waals surface area contributed by atoms with E-state index in [0.29, 0.717) is 13.1 Å². The highest BCUT2D eigenvalue weighted by Gasteiger charge is 2.07. The van der Waals surface area contributed by atoms with Gasteiger partial charge in [-0.25, -0.2) is 0 Å². The second kappa shape index (κ2) is 25.1. The van der Waals surface area contributed by atoms with Crippen molar-refractivity contribution in [2.45, 2.75) is 115 Å². The van der Waals surface area contributed by atoms with Gasteiger partial charge < -0.3 is 10.2 Å². The Balaban J connectivity index is 0.000000970. The van der Waals surface area contributed by atoms with Gasteiger partial charge in [-0.2, -0.15) is 8.42 Å². The number of benzene rings is 1. The van der Waals surface area contributed by atoms with Crippen LogP contribution in [0.3, 0.4) is 0 Å². The molecule has 7 heteroatoms. The summed E-state index contributed by atoms with van der Waals surface area (Å²) in [4.78, 5) is 2.08. The Labute approximate surface area is 227 Å². The molecule has 1 aromatic rings. The fourth-order valence-corrected chi connectivity index (χ4v) is 4.57. The first-order valence-electron chi connectivity index (χ1n) is 14.5. The summed E-state index contributed by atoms with van der Waals surface area (Å²) in [6.45, 7) is 6.87. The van der Waals surface area contributed by atoms with Crippen LogP contribution in [-0.4, -0.2) is 60.9 Å². The lowest BCUT2D eigenvalue weighted by Crippen LogP contribution is -2.30. The molecule has 0 aliphatic heterocycles. The molecule has 0 bridgehead atoms. The third-order valence-corrected chi connectivity index (χ3v) is 7.26. The van der Waals surface area contributed by atoms with Crippen LogP contribution in [-0.2, 0) is 10.1 Å². The molecule has 3 N–H and O–H groups in total. The molecule has 1 rings (SSSR count). The second-order valence-electron chi connectivity index (χ2n) is 9.87. The van der Waals surface area contributed by atoms with Gasteiger partial charge in [-0.1, -0.05) is 101 Å². The summed E-state index contributed by atoms with van der Waals surface area (Å²) in [5.41, 5.74) is 0.956. The molecule has 0 aliphatic rings. The van der Waals surface area contributed by atoms with E-state index in [9.17, 15) is 8.42 Å². The van der Waals surface area contributed by atoms with E-state index < -0.39 is 10.1 Å². The lowest BCUT2D eigenvalue weighted by Gasteiger charge is -2.19. The van der Waals surface area contributed by atoms with Crippen molar-refractivity contribution < 1.29 is 23.2 Å². The number of aryl methyl sites for hydroxylation is 1. The minimum Gasteiger partial charge on any atom is -0.395 e. The molecule has 6 nitrogen and oxygen atoms in total. The van der Waals surface area contributed by atoms with Crippen LogP contribution in [0.2, 0.25) is 0 Å². The van der Waals surface area contributed by atoms with Crippen molar-refractivity contribution >= 4 is 10.1 Å². The third-order valence-electron chi connectivity index (χ3n) is 6.39. The monoisotopic (exact) mass is 541 g/mol. The lowest BCUT2D eigenvalue weighted by molar-refractivity contribution is 0.159. The number of hydrogen-bond acceptors (Lipinski definition) is 5. The minimum absolute atomic E-state index is 0.0666. The fourth-order valence-electron chi connectivity index (χ4n) is 4.09. The van der Waals surface area contributed by atoms with Crippen molar-refractivity contribution in [3.63, 3.8) is 0 Å². The number of hydrogen-bond donors (Lipinski definition) is 3. The lowest BCUT2D eigenvalue weighted by atomic mass is 10.1. The van der Waals surface area contributed by atoms with Crippen molar-refractivity contribution in [3.8, 4) is 0 Å². The minimum atomic E-state index is -4.02. The van der Waals surface area contributed by atoms with E-state index in [-0.39, 0.29) is 18.1 Å². The largest absolute Gasteiger partial charge is 0.395 e. The molecule has 0 unspecified atom stereocenters. The summed E-state index contributed by atoms with van der Waals surface area (Å²) in [5.74, 6) is 0. The molecule has 0 heterocycles. The Morgan fingerprint density at radius 2 is 1.11 bits per heavy atom. The Bertz CT molecular complexity index is 744. The quantitative estimate of drug-likeness (QED) is 0.0835. The van der Waals surface area contributed by atoms with Crippen LogP contribution in [0.5, 0.6) is 0 Å². The molecule has 0 atom stereocenters. The summed E-state index contributed by atoms with van der Waals surface area (Å²) in [7, 11) is -4.02. The van der Waals surface area contributed by atoms with Crippen molar-refractivity contribution in [2.24, 2.45) is 0 Å². The number of unbranched alkanes of at least 4 members (excludes halogenated alkanes) is 13. The van der Waals surface area contributed by atoms with Gasteiger partial charge in [-0.05, 0) is 57.7 Å². The Kier molecular flexibility index (Phi) is 24.2. The Hall–Kier alpha value is -1.25. The first-order chi connectivity index (χ1) is 17.8. The fraction of sp³-hybridized carbons (Fsp3) is 0.733. The molecule has 0 aromatic heterocycles. The average molecular weight is 542 g/mol. The van der Waals surface area contributed by atoms with Crippen molar-refractivity contribution in [2.75, 3.05) is 32.8 Å². The van der Waals surface area contributed by atoms with Crippen LogP contribution < -0.4 is 0 Å². The van der Waals surface area contributed by atoms with Crippen molar-refractivity contribution in [1.82, 2.24) is 4.90 Å². The van der Waals surface area contributed by atoms with E-state index >= 15 is 0 Å². The van der Waals surface area contributed by atoms with Gasteiger partial charge in [-0.3, -0.25) is 9.45 Å². The zero-order valence-electron chi connectivity index (χ0n) is 23.6. The smallest absolute Gasteiger partial charge is 0.294 e. The number of aliphatic hydroxyl groups is 2. The van der Waals surface area contributed by atoms with Crippen LogP contribution in [0.4, 0.5) is 0 Å². The molecule has 1 aromatic carbocycles. The highest BCUT2D eigenvalue weighted by Crippen LogP contribution is 2.11. The summed E-state index contributed by atoms with van der Waals surface area (Å²) in [6.07, 6.45) is 24.9. The van der Waals surface area contributed by atoms with E-state index in [1.165, 1.54) is 108 Å². The summed E-state index contributed by atoms with van der Waals surface area (Å²) in [5, 5.41) is 18.0. The molecule has 37 heavy (non-hydrogen) atoms. The normalized spacial score (nSPS) is 11.7. The molecule has 0 saturated carbocycles. The molecule has 0 amide bonds. The topological polar surface area (TPSA) is 98.1 Å². The Morgan fingerprint density at radius 3 is 1.54 bits per heavy atom. The molecular weight excluding hydrogens is 486 g/mol. The van der Waals surface area contributed by atoms with Crippen LogP contribution in [0, 0.1) is 6.92 Å². The van der Waals surface area contributed by atoms with Crippen molar-refractivity contribution in [1.29, 1.82) is 0 Å². The highest BCUT2D eigenvalue weighted by molar-refractivity contribution is 7.85. The molecule has 0 aliphatic carbocycles. The molecule has 216 valence electrons. The van der Waals surface area contributed by atoms with Crippen LogP contribution >= 0.6 is 0 Å². The maximum absolute atomic E-state index is 10.5. The van der Waals surface area contributed by atoms with Gasteiger partial charge in [0.1, 0.15) is 0 Å². The highest BCUT2D eigenvalue weighted by atomic mass is 32.2. The number of rotatable bonds is 22. The van der Waals surface area contributed by atoms with Gasteiger partial charge in [0.25, 0.3) is 10.1 Å². The van der Waals surface area contributed by atoms with Gasteiger partial charge in [0, 0.05) is 13.1 Å². The van der Waals surface area contributed by atoms with Crippen molar-refractivity contribution in [3.05, 3.63) is 42.0 Å². The summed E-state index contributed by atoms with van der Waals surface area (Å²) in [6, 6.07) is 5.99. The SMILES string of the molecule is CCCCCCCCC=CCCCCCCCCCN(CCO)CCO.Cc1ccc(S(=O)(=O)O)cc1. The van der Waals surface area contributed by atoms with Gasteiger partial charge >= 0.3 is 0 Å². The maximum Gasteiger partial charge on any atom is 0.294 e. The van der Waals surface area contributed by atoms with Gasteiger partial charge in [-0.15, -0.1) is 0 Å². The number of nitrogens with zero attached hydrogens (tertiary/aromatic N) is 1. The molecule has 0 fully saturated rings. The zero-order chi connectivity index (χ0) is 27.6. The molecule has 0 saturated heterocycles. The Morgan fingerprint density at radius 1 is 0.676 bits per heavy atom. The van der Waals surface area contributed by atoms with E-state index in [0.717, 1.165) is 12.1 Å². The van der Waals surface area contributed by atoms with Gasteiger partial charge in [0.15, 0.2) is 0 Å².